The third-order valence-corrected chi connectivity index (χ3v) is 7.07. The van der Waals surface area contributed by atoms with E-state index in [9.17, 15) is 14.7 Å². The number of ether oxygens (including phenoxy) is 1. The lowest BCUT2D eigenvalue weighted by Gasteiger charge is -2.33. The summed E-state index contributed by atoms with van der Waals surface area (Å²) in [6.07, 6.45) is 0.517. The summed E-state index contributed by atoms with van der Waals surface area (Å²) in [6, 6.07) is 15.8. The minimum absolute atomic E-state index is 0.113. The summed E-state index contributed by atoms with van der Waals surface area (Å²) in [5.41, 5.74) is 3.16. The molecule has 1 fully saturated rings. The summed E-state index contributed by atoms with van der Waals surface area (Å²) in [5, 5.41) is 18.2. The molecule has 208 valence electrons. The minimum atomic E-state index is -0.829. The van der Waals surface area contributed by atoms with Crippen LogP contribution in [0, 0.1) is 23.7 Å². The molecule has 3 rings (SSSR count). The van der Waals surface area contributed by atoms with Crippen LogP contribution in [-0.4, -0.2) is 58.9 Å². The lowest BCUT2D eigenvalue weighted by atomic mass is 9.84. The van der Waals surface area contributed by atoms with Gasteiger partial charge in [0.2, 0.25) is 0 Å². The SMILES string of the molecule is CC#C[C@H](c1ccc(OCc2ccc(CN3CCN(C(=O)NC(=[NH2+])C(C)C)CC3)cc2)cc1)C(CC)C(=O)O. The normalized spacial score (nSPS) is 15.2. The van der Waals surface area contributed by atoms with E-state index >= 15 is 0 Å². The van der Waals surface area contributed by atoms with E-state index in [1.54, 1.807) is 6.92 Å². The van der Waals surface area contributed by atoms with Crippen molar-refractivity contribution in [3.63, 3.8) is 0 Å². The lowest BCUT2D eigenvalue weighted by Crippen LogP contribution is -2.59. The molecule has 0 saturated carbocycles. The molecule has 1 aliphatic rings. The topological polar surface area (TPSA) is 108 Å². The molecular weight excluding hydrogens is 492 g/mol. The maximum atomic E-state index is 12.4. The Balaban J connectivity index is 1.47. The number of hydrogen-bond donors (Lipinski definition) is 3. The van der Waals surface area contributed by atoms with Gasteiger partial charge in [0.25, 0.3) is 5.84 Å². The number of carbonyl (C=O) groups is 2. The first-order chi connectivity index (χ1) is 18.7. The standard InChI is InChI=1S/C31H40N4O4/c1-5-7-28(27(6-2)30(36)37)25-12-14-26(15-13-25)39-21-24-10-8-23(9-11-24)20-34-16-18-35(19-17-34)31(38)33-29(32)22(3)4/h8-15,22,27-28H,6,16-21H2,1-4H3,(H,36,37)(H2,32,33,38)/p+1/t27?,28-/m1/s1. The highest BCUT2D eigenvalue weighted by Gasteiger charge is 2.27. The maximum Gasteiger partial charge on any atom is 0.409 e. The number of nitrogens with one attached hydrogen (secondary N) is 1. The van der Waals surface area contributed by atoms with E-state index in [1.165, 1.54) is 5.56 Å². The van der Waals surface area contributed by atoms with Crippen molar-refractivity contribution in [1.82, 2.24) is 15.1 Å². The predicted octanol–water partition coefficient (Wildman–Crippen LogP) is 3.12. The van der Waals surface area contributed by atoms with Crippen molar-refractivity contribution in [1.29, 1.82) is 0 Å². The van der Waals surface area contributed by atoms with Crippen molar-refractivity contribution >= 4 is 17.8 Å². The zero-order valence-corrected chi connectivity index (χ0v) is 23.4. The van der Waals surface area contributed by atoms with Crippen LogP contribution in [0.3, 0.4) is 0 Å². The molecule has 0 aromatic heterocycles. The van der Waals surface area contributed by atoms with E-state index in [0.717, 1.165) is 36.5 Å². The third-order valence-electron chi connectivity index (χ3n) is 7.07. The van der Waals surface area contributed by atoms with Gasteiger partial charge in [-0.2, -0.15) is 5.32 Å². The average molecular weight is 534 g/mol. The molecule has 0 spiro atoms. The number of carbonyl (C=O) groups excluding carboxylic acids is 1. The number of nitrogens with two attached hydrogens (primary N) is 1. The molecule has 1 unspecified atom stereocenters. The van der Waals surface area contributed by atoms with Gasteiger partial charge in [0, 0.05) is 32.7 Å². The number of hydrogen-bond acceptors (Lipinski definition) is 4. The van der Waals surface area contributed by atoms with Gasteiger partial charge in [-0.3, -0.25) is 15.1 Å². The molecule has 8 nitrogen and oxygen atoms in total. The van der Waals surface area contributed by atoms with Crippen molar-refractivity contribution in [3.8, 4) is 17.6 Å². The number of amides is 2. The number of benzene rings is 2. The van der Waals surface area contributed by atoms with Crippen LogP contribution < -0.4 is 15.5 Å². The van der Waals surface area contributed by atoms with Crippen LogP contribution in [0.1, 0.15) is 56.7 Å². The Morgan fingerprint density at radius 2 is 1.64 bits per heavy atom. The zero-order chi connectivity index (χ0) is 28.4. The van der Waals surface area contributed by atoms with Gasteiger partial charge in [-0.25, -0.2) is 4.79 Å². The Kier molecular flexibility index (Phi) is 10.9. The molecule has 39 heavy (non-hydrogen) atoms. The van der Waals surface area contributed by atoms with Gasteiger partial charge in [-0.1, -0.05) is 63.1 Å². The molecule has 0 radical (unpaired) electrons. The molecule has 0 bridgehead atoms. The highest BCUT2D eigenvalue weighted by atomic mass is 16.5. The molecule has 1 aliphatic heterocycles. The zero-order valence-electron chi connectivity index (χ0n) is 23.4. The number of carboxylic acid groups (broad SMARTS) is 1. The van der Waals surface area contributed by atoms with E-state index in [0.29, 0.717) is 32.0 Å². The van der Waals surface area contributed by atoms with Gasteiger partial charge in [0.15, 0.2) is 0 Å². The van der Waals surface area contributed by atoms with Gasteiger partial charge >= 0.3 is 12.0 Å². The van der Waals surface area contributed by atoms with Crippen LogP contribution in [0.2, 0.25) is 0 Å². The number of piperazine rings is 1. The molecule has 0 aliphatic carbocycles. The van der Waals surface area contributed by atoms with E-state index in [4.69, 9.17) is 10.1 Å². The minimum Gasteiger partial charge on any atom is -0.489 e. The Hall–Kier alpha value is -3.83. The Morgan fingerprint density at radius 3 is 2.18 bits per heavy atom. The fourth-order valence-corrected chi connectivity index (χ4v) is 4.52. The summed E-state index contributed by atoms with van der Waals surface area (Å²) in [7, 11) is 0. The summed E-state index contributed by atoms with van der Waals surface area (Å²) in [6.45, 7) is 11.7. The lowest BCUT2D eigenvalue weighted by molar-refractivity contribution is -0.142. The number of nitrogens with zero attached hydrogens (tertiary/aromatic N) is 2. The largest absolute Gasteiger partial charge is 0.489 e. The second kappa shape index (κ2) is 14.4. The number of amidine groups is 1. The average Bonchev–Trinajstić information content (AvgIpc) is 2.93. The van der Waals surface area contributed by atoms with Crippen molar-refractivity contribution in [2.45, 2.75) is 53.2 Å². The Labute approximate surface area is 231 Å². The summed E-state index contributed by atoms with van der Waals surface area (Å²) in [4.78, 5) is 28.2. The number of rotatable bonds is 10. The first-order valence-electron chi connectivity index (χ1n) is 13.6. The molecule has 8 heteroatoms. The number of carboxylic acids is 1. The highest BCUT2D eigenvalue weighted by Crippen LogP contribution is 2.29. The second-order valence-corrected chi connectivity index (χ2v) is 10.2. The fraction of sp³-hybridized carbons (Fsp3) is 0.452. The first kappa shape index (κ1) is 29.7. The molecule has 2 aromatic rings. The van der Waals surface area contributed by atoms with Gasteiger partial charge in [0.1, 0.15) is 12.4 Å². The van der Waals surface area contributed by atoms with Gasteiger partial charge < -0.3 is 14.7 Å². The summed E-state index contributed by atoms with van der Waals surface area (Å²) < 4.78 is 5.97. The smallest absolute Gasteiger partial charge is 0.409 e. The molecule has 2 atom stereocenters. The summed E-state index contributed by atoms with van der Waals surface area (Å²) in [5.74, 6) is 5.55. The molecule has 1 heterocycles. The van der Waals surface area contributed by atoms with Crippen molar-refractivity contribution in [2.24, 2.45) is 11.8 Å². The second-order valence-electron chi connectivity index (χ2n) is 10.2. The Morgan fingerprint density at radius 1 is 1.03 bits per heavy atom. The first-order valence-corrected chi connectivity index (χ1v) is 13.6. The van der Waals surface area contributed by atoms with Gasteiger partial charge in [-0.05, 0) is 42.2 Å². The van der Waals surface area contributed by atoms with Crippen LogP contribution in [0.5, 0.6) is 5.75 Å². The van der Waals surface area contributed by atoms with Crippen LogP contribution in [0.25, 0.3) is 0 Å². The quantitative estimate of drug-likeness (QED) is 0.247. The van der Waals surface area contributed by atoms with Crippen LogP contribution >= 0.6 is 0 Å². The van der Waals surface area contributed by atoms with Gasteiger partial charge in [-0.15, -0.1) is 5.92 Å². The van der Waals surface area contributed by atoms with E-state index < -0.39 is 11.9 Å². The molecular formula is C31H41N4O4+. The summed E-state index contributed by atoms with van der Waals surface area (Å²) >= 11 is 0. The molecule has 2 aromatic carbocycles. The molecule has 1 saturated heterocycles. The van der Waals surface area contributed by atoms with Crippen molar-refractivity contribution in [3.05, 3.63) is 65.2 Å². The monoisotopic (exact) mass is 533 g/mol. The maximum absolute atomic E-state index is 12.4. The van der Waals surface area contributed by atoms with E-state index in [-0.39, 0.29) is 17.9 Å². The van der Waals surface area contributed by atoms with Crippen LogP contribution in [0.15, 0.2) is 48.5 Å². The van der Waals surface area contributed by atoms with Crippen LogP contribution in [-0.2, 0) is 17.9 Å². The van der Waals surface area contributed by atoms with Crippen molar-refractivity contribution in [2.75, 3.05) is 26.2 Å². The molecule has 4 N–H and O–H groups in total. The van der Waals surface area contributed by atoms with Crippen molar-refractivity contribution < 1.29 is 24.8 Å². The number of urea groups is 1. The number of aliphatic carboxylic acids is 1. The van der Waals surface area contributed by atoms with E-state index in [2.05, 4.69) is 46.3 Å². The third kappa shape index (κ3) is 8.59. The Bertz CT molecular complexity index is 1170. The fourth-order valence-electron chi connectivity index (χ4n) is 4.52. The van der Waals surface area contributed by atoms with E-state index in [1.807, 2.05) is 49.9 Å². The van der Waals surface area contributed by atoms with Gasteiger partial charge in [0.05, 0.1) is 17.8 Å². The predicted molar refractivity (Wildman–Crippen MR) is 152 cm³/mol. The highest BCUT2D eigenvalue weighted by molar-refractivity contribution is 5.95. The van der Waals surface area contributed by atoms with Crippen LogP contribution in [0.4, 0.5) is 4.79 Å². The molecule has 2 amide bonds.